The molecule has 2 N–H and O–H groups in total. The van der Waals surface area contributed by atoms with Crippen LogP contribution in [-0.4, -0.2) is 31.2 Å². The first-order valence-electron chi connectivity index (χ1n) is 10.6. The number of nitrogens with one attached hydrogen (secondary N) is 2. The van der Waals surface area contributed by atoms with E-state index in [1.807, 2.05) is 47.9 Å². The molecule has 3 heterocycles. The van der Waals surface area contributed by atoms with Crippen LogP contribution >= 0.6 is 11.6 Å². The van der Waals surface area contributed by atoms with Gasteiger partial charge in [0.1, 0.15) is 17.8 Å². The van der Waals surface area contributed by atoms with Gasteiger partial charge in [0.2, 0.25) is 0 Å². The quantitative estimate of drug-likeness (QED) is 0.347. The fourth-order valence-corrected chi connectivity index (χ4v) is 4.06. The molecule has 0 saturated heterocycles. The molecular weight excluding hydrogens is 450 g/mol. The molecule has 0 saturated carbocycles. The Morgan fingerprint density at radius 3 is 2.68 bits per heavy atom. The molecule has 5 aromatic rings. The van der Waals surface area contributed by atoms with Crippen molar-refractivity contribution in [1.29, 1.82) is 0 Å². The van der Waals surface area contributed by atoms with Gasteiger partial charge < -0.3 is 10.3 Å². The molecule has 3 aromatic heterocycles. The summed E-state index contributed by atoms with van der Waals surface area (Å²) in [5, 5.41) is 3.35. The number of amides is 1. The molecule has 8 heteroatoms. The van der Waals surface area contributed by atoms with E-state index in [1.165, 1.54) is 6.20 Å². The Labute approximate surface area is 200 Å². The summed E-state index contributed by atoms with van der Waals surface area (Å²) in [6.07, 6.45) is 4.98. The Kier molecular flexibility index (Phi) is 5.69. The van der Waals surface area contributed by atoms with Crippen molar-refractivity contribution < 1.29 is 9.59 Å². The lowest BCUT2D eigenvalue weighted by Crippen LogP contribution is -2.23. The van der Waals surface area contributed by atoms with E-state index in [0.29, 0.717) is 28.4 Å². The van der Waals surface area contributed by atoms with Crippen molar-refractivity contribution in [3.8, 4) is 5.82 Å². The lowest BCUT2D eigenvalue weighted by atomic mass is 10.0. The van der Waals surface area contributed by atoms with Crippen LogP contribution in [0.15, 0.2) is 79.4 Å². The third-order valence-electron chi connectivity index (χ3n) is 5.46. The number of hydrogen-bond donors (Lipinski definition) is 2. The van der Waals surface area contributed by atoms with Gasteiger partial charge in [-0.1, -0.05) is 29.8 Å². The number of aromatic nitrogens is 4. The maximum Gasteiger partial charge on any atom is 0.267 e. The highest BCUT2D eigenvalue weighted by Gasteiger charge is 2.15. The van der Waals surface area contributed by atoms with E-state index < -0.39 is 0 Å². The summed E-state index contributed by atoms with van der Waals surface area (Å²) in [7, 11) is 0. The van der Waals surface area contributed by atoms with Gasteiger partial charge in [0.05, 0.1) is 11.0 Å². The molecule has 0 unspecified atom stereocenters. The van der Waals surface area contributed by atoms with Gasteiger partial charge in [0, 0.05) is 35.1 Å². The second kappa shape index (κ2) is 8.96. The number of halogens is 1. The first-order valence-corrected chi connectivity index (χ1v) is 11.0. The number of fused-ring (bicyclic) bond motifs is 1. The standard InChI is InChI=1S/C26H20ClN5O2/c1-16-8-18(10-20(27)9-16)25(33)19-11-22(28-14-19)26(34)30-13-17-6-7-24(29-12-17)32-15-31-21-4-2-3-5-23(21)32/h2-12,14-15,28H,13H2,1H3,(H,30,34). The molecule has 34 heavy (non-hydrogen) atoms. The average Bonchev–Trinajstić information content (AvgIpc) is 3.50. The third kappa shape index (κ3) is 4.33. The zero-order valence-electron chi connectivity index (χ0n) is 18.2. The van der Waals surface area contributed by atoms with Crippen molar-refractivity contribution in [2.45, 2.75) is 13.5 Å². The van der Waals surface area contributed by atoms with Crippen LogP contribution < -0.4 is 5.32 Å². The van der Waals surface area contributed by atoms with E-state index >= 15 is 0 Å². The van der Waals surface area contributed by atoms with E-state index in [0.717, 1.165) is 28.0 Å². The monoisotopic (exact) mass is 469 g/mol. The molecule has 1 amide bonds. The van der Waals surface area contributed by atoms with Crippen molar-refractivity contribution in [2.75, 3.05) is 0 Å². The summed E-state index contributed by atoms with van der Waals surface area (Å²) in [6.45, 7) is 2.17. The average molecular weight is 470 g/mol. The summed E-state index contributed by atoms with van der Waals surface area (Å²) >= 11 is 6.07. The fourth-order valence-electron chi connectivity index (χ4n) is 3.77. The van der Waals surface area contributed by atoms with Crippen molar-refractivity contribution in [2.24, 2.45) is 0 Å². The molecule has 0 aliphatic rings. The number of rotatable bonds is 6. The van der Waals surface area contributed by atoms with Crippen LogP contribution in [0.4, 0.5) is 0 Å². The van der Waals surface area contributed by atoms with Gasteiger partial charge in [-0.15, -0.1) is 0 Å². The second-order valence-corrected chi connectivity index (χ2v) is 8.40. The van der Waals surface area contributed by atoms with Gasteiger partial charge in [-0.25, -0.2) is 9.97 Å². The number of hydrogen-bond acceptors (Lipinski definition) is 4. The number of carbonyl (C=O) groups is 2. The first kappa shape index (κ1) is 21.6. The van der Waals surface area contributed by atoms with Crippen LogP contribution in [0.25, 0.3) is 16.9 Å². The van der Waals surface area contributed by atoms with Gasteiger partial charge >= 0.3 is 0 Å². The first-order chi connectivity index (χ1) is 16.5. The molecule has 0 aliphatic heterocycles. The van der Waals surface area contributed by atoms with E-state index in [-0.39, 0.29) is 11.7 Å². The molecule has 0 spiro atoms. The highest BCUT2D eigenvalue weighted by atomic mass is 35.5. The van der Waals surface area contributed by atoms with E-state index in [9.17, 15) is 9.59 Å². The number of para-hydroxylation sites is 2. The lowest BCUT2D eigenvalue weighted by Gasteiger charge is -2.06. The van der Waals surface area contributed by atoms with Crippen LogP contribution in [0.1, 0.15) is 37.5 Å². The number of H-pyrrole nitrogens is 1. The Hall–Kier alpha value is -4.23. The smallest absolute Gasteiger partial charge is 0.267 e. The molecule has 0 aliphatic carbocycles. The SMILES string of the molecule is Cc1cc(Cl)cc(C(=O)c2c[nH]c(C(=O)NCc3ccc(-n4cnc5ccccc54)nc3)c2)c1. The molecule has 168 valence electrons. The zero-order valence-corrected chi connectivity index (χ0v) is 19.0. The van der Waals surface area contributed by atoms with Crippen molar-refractivity contribution in [3.63, 3.8) is 0 Å². The summed E-state index contributed by atoms with van der Waals surface area (Å²) in [4.78, 5) is 37.1. The van der Waals surface area contributed by atoms with Crippen molar-refractivity contribution >= 4 is 34.3 Å². The van der Waals surface area contributed by atoms with Gasteiger partial charge in [-0.3, -0.25) is 14.2 Å². The maximum atomic E-state index is 12.8. The number of benzene rings is 2. The molecule has 2 aromatic carbocycles. The van der Waals surface area contributed by atoms with Gasteiger partial charge in [-0.05, 0) is 60.5 Å². The highest BCUT2D eigenvalue weighted by molar-refractivity contribution is 6.31. The second-order valence-electron chi connectivity index (χ2n) is 7.96. The normalized spacial score (nSPS) is 11.0. The molecule has 0 fully saturated rings. The topological polar surface area (TPSA) is 92.7 Å². The van der Waals surface area contributed by atoms with Gasteiger partial charge in [0.25, 0.3) is 5.91 Å². The molecule has 0 atom stereocenters. The van der Waals surface area contributed by atoms with Gasteiger partial charge in [-0.2, -0.15) is 0 Å². The zero-order chi connectivity index (χ0) is 23.7. The number of imidazole rings is 1. The molecule has 0 bridgehead atoms. The molecule has 7 nitrogen and oxygen atoms in total. The highest BCUT2D eigenvalue weighted by Crippen LogP contribution is 2.19. The van der Waals surface area contributed by atoms with E-state index in [2.05, 4.69) is 20.3 Å². The van der Waals surface area contributed by atoms with E-state index in [4.69, 9.17) is 11.6 Å². The predicted molar refractivity (Wildman–Crippen MR) is 130 cm³/mol. The fraction of sp³-hybridized carbons (Fsp3) is 0.0769. The van der Waals surface area contributed by atoms with E-state index in [1.54, 1.807) is 36.8 Å². The lowest BCUT2D eigenvalue weighted by molar-refractivity contribution is 0.0946. The Morgan fingerprint density at radius 2 is 1.88 bits per heavy atom. The Bertz CT molecular complexity index is 1500. The summed E-state index contributed by atoms with van der Waals surface area (Å²) < 4.78 is 1.91. The minimum Gasteiger partial charge on any atom is -0.356 e. The summed E-state index contributed by atoms with van der Waals surface area (Å²) in [5.41, 5.74) is 4.79. The molecular formula is C26H20ClN5O2. The predicted octanol–water partition coefficient (Wildman–Crippen LogP) is 4.87. The van der Waals surface area contributed by atoms with Crippen LogP contribution in [-0.2, 0) is 6.54 Å². The maximum absolute atomic E-state index is 12.8. The minimum atomic E-state index is -0.314. The van der Waals surface area contributed by atoms with Gasteiger partial charge in [0.15, 0.2) is 5.78 Å². The van der Waals surface area contributed by atoms with Crippen molar-refractivity contribution in [3.05, 3.63) is 112 Å². The number of aryl methyl sites for hydroxylation is 1. The Morgan fingerprint density at radius 1 is 1.03 bits per heavy atom. The molecule has 0 radical (unpaired) electrons. The number of aromatic amines is 1. The van der Waals surface area contributed by atoms with Crippen LogP contribution in [0.2, 0.25) is 5.02 Å². The number of ketones is 1. The third-order valence-corrected chi connectivity index (χ3v) is 5.67. The number of nitrogens with zero attached hydrogens (tertiary/aromatic N) is 3. The molecule has 5 rings (SSSR count). The van der Waals surface area contributed by atoms with Crippen LogP contribution in [0.3, 0.4) is 0 Å². The van der Waals surface area contributed by atoms with Crippen LogP contribution in [0, 0.1) is 6.92 Å². The minimum absolute atomic E-state index is 0.201. The largest absolute Gasteiger partial charge is 0.356 e. The summed E-state index contributed by atoms with van der Waals surface area (Å²) in [6, 6.07) is 18.3. The van der Waals surface area contributed by atoms with Crippen molar-refractivity contribution in [1.82, 2.24) is 24.8 Å². The number of carbonyl (C=O) groups excluding carboxylic acids is 2. The summed E-state index contributed by atoms with van der Waals surface area (Å²) in [5.74, 6) is 0.228. The van der Waals surface area contributed by atoms with Crippen LogP contribution in [0.5, 0.6) is 0 Å². The Balaban J connectivity index is 1.24. The number of pyridine rings is 1.